The van der Waals surface area contributed by atoms with Crippen LogP contribution in [0.15, 0.2) is 47.0 Å². The van der Waals surface area contributed by atoms with Gasteiger partial charge in [-0.25, -0.2) is 4.99 Å². The smallest absolute Gasteiger partial charge is 0.144 e. The number of benzene rings is 1. The highest BCUT2D eigenvalue weighted by Crippen LogP contribution is 2.21. The van der Waals surface area contributed by atoms with Gasteiger partial charge in [0.05, 0.1) is 5.70 Å². The summed E-state index contributed by atoms with van der Waals surface area (Å²) in [6.07, 6.45) is 5.40. The normalized spacial score (nSPS) is 17.9. The predicted octanol–water partition coefficient (Wildman–Crippen LogP) is 6.73. The standard InChI is InChI=1S/C16H25NO.C14H26ClN5.2C2H6/c1-13-5-8-17(9-6-13)12-16-4-3-14(2)11-15(16)7-10-18;1-5-7-20(8-9(3)6-2)14-12(15)18-11(10(4)16)13(17)19-14;2*1-2/h3-4,11,13,18H,5-10,12H2,1-2H3;9,14,19H,4-8,16-17H2,1-3H3;2*1-2H3. The molecule has 2 heterocycles. The molecule has 7 nitrogen and oxygen atoms in total. The van der Waals surface area contributed by atoms with E-state index in [9.17, 15) is 0 Å². The molecule has 8 heteroatoms. The van der Waals surface area contributed by atoms with Crippen molar-refractivity contribution in [1.82, 2.24) is 15.1 Å². The number of aliphatic hydroxyl groups excluding tert-OH is 1. The zero-order valence-electron chi connectivity index (χ0n) is 28.3. The highest BCUT2D eigenvalue weighted by molar-refractivity contribution is 6.66. The van der Waals surface area contributed by atoms with Crippen molar-refractivity contribution in [2.75, 3.05) is 32.8 Å². The van der Waals surface area contributed by atoms with Crippen LogP contribution in [0.25, 0.3) is 0 Å². The van der Waals surface area contributed by atoms with Crippen molar-refractivity contribution in [3.63, 3.8) is 0 Å². The maximum Gasteiger partial charge on any atom is 0.144 e. The maximum absolute atomic E-state index is 9.16. The number of nitrogens with one attached hydrogen (secondary N) is 1. The van der Waals surface area contributed by atoms with Crippen LogP contribution in [0.2, 0.25) is 0 Å². The van der Waals surface area contributed by atoms with Gasteiger partial charge in [-0.1, -0.05) is 104 Å². The van der Waals surface area contributed by atoms with Crippen LogP contribution in [0, 0.1) is 18.8 Å². The molecule has 1 fully saturated rings. The molecule has 0 bridgehead atoms. The third kappa shape index (κ3) is 13.9. The lowest BCUT2D eigenvalue weighted by Crippen LogP contribution is -2.53. The maximum atomic E-state index is 9.16. The van der Waals surface area contributed by atoms with Crippen LogP contribution in [-0.4, -0.2) is 59.0 Å². The number of rotatable bonds is 11. The molecule has 3 rings (SSSR count). The Kier molecular flexibility index (Phi) is 21.4. The molecule has 0 amide bonds. The molecule has 0 aromatic heterocycles. The summed E-state index contributed by atoms with van der Waals surface area (Å²) < 4.78 is 0. The molecule has 2 atom stereocenters. The van der Waals surface area contributed by atoms with Crippen molar-refractivity contribution < 1.29 is 5.11 Å². The van der Waals surface area contributed by atoms with Gasteiger partial charge in [0.25, 0.3) is 0 Å². The second-order valence-corrected chi connectivity index (χ2v) is 11.4. The van der Waals surface area contributed by atoms with Crippen LogP contribution in [0.1, 0.15) is 97.8 Å². The van der Waals surface area contributed by atoms with Crippen molar-refractivity contribution >= 4 is 16.8 Å². The summed E-state index contributed by atoms with van der Waals surface area (Å²) in [6, 6.07) is 6.64. The van der Waals surface area contributed by atoms with E-state index < -0.39 is 0 Å². The number of halogens is 1. The van der Waals surface area contributed by atoms with Crippen molar-refractivity contribution in [1.29, 1.82) is 0 Å². The van der Waals surface area contributed by atoms with Crippen LogP contribution >= 0.6 is 11.6 Å². The summed E-state index contributed by atoms with van der Waals surface area (Å²) in [5.74, 6) is 1.90. The molecule has 2 aliphatic heterocycles. The molecule has 0 aliphatic carbocycles. The van der Waals surface area contributed by atoms with Gasteiger partial charge in [0.15, 0.2) is 0 Å². The molecular weight excluding hydrogens is 544 g/mol. The molecule has 1 saturated heterocycles. The minimum atomic E-state index is -0.186. The van der Waals surface area contributed by atoms with E-state index in [0.29, 0.717) is 28.3 Å². The second kappa shape index (κ2) is 22.5. The Morgan fingerprint density at radius 3 is 2.33 bits per heavy atom. The van der Waals surface area contributed by atoms with Crippen LogP contribution in [-0.2, 0) is 13.0 Å². The lowest BCUT2D eigenvalue weighted by Gasteiger charge is -2.35. The molecule has 2 unspecified atom stereocenters. The zero-order chi connectivity index (χ0) is 32.2. The first-order valence-electron chi connectivity index (χ1n) is 16.2. The zero-order valence-corrected chi connectivity index (χ0v) is 29.0. The van der Waals surface area contributed by atoms with E-state index >= 15 is 0 Å². The molecule has 1 aromatic carbocycles. The molecule has 242 valence electrons. The van der Waals surface area contributed by atoms with Gasteiger partial charge < -0.3 is 21.9 Å². The van der Waals surface area contributed by atoms with E-state index in [4.69, 9.17) is 28.2 Å². The number of hydrogen-bond acceptors (Lipinski definition) is 7. The molecular formula is C34H63ClN6O. The lowest BCUT2D eigenvalue weighted by atomic mass is 9.97. The first kappa shape index (κ1) is 39.9. The monoisotopic (exact) mass is 606 g/mol. The average molecular weight is 607 g/mol. The third-order valence-electron chi connectivity index (χ3n) is 7.43. The quantitative estimate of drug-likeness (QED) is 0.223. The van der Waals surface area contributed by atoms with Crippen LogP contribution < -0.4 is 16.8 Å². The van der Waals surface area contributed by atoms with Gasteiger partial charge in [-0.15, -0.1) is 0 Å². The van der Waals surface area contributed by atoms with Crippen molar-refractivity contribution in [3.8, 4) is 0 Å². The summed E-state index contributed by atoms with van der Waals surface area (Å²) in [5.41, 5.74) is 16.4. The second-order valence-electron chi connectivity index (χ2n) is 11.0. The van der Waals surface area contributed by atoms with E-state index in [0.717, 1.165) is 44.8 Å². The fraction of sp³-hybridized carbons (Fsp3) is 0.676. The number of nitrogens with two attached hydrogens (primary N) is 2. The molecule has 0 spiro atoms. The van der Waals surface area contributed by atoms with Crippen molar-refractivity contribution in [2.24, 2.45) is 28.3 Å². The van der Waals surface area contributed by atoms with Gasteiger partial charge in [0.1, 0.15) is 22.9 Å². The average Bonchev–Trinajstić information content (AvgIpc) is 2.98. The van der Waals surface area contributed by atoms with Crippen LogP contribution in [0.4, 0.5) is 0 Å². The predicted molar refractivity (Wildman–Crippen MR) is 184 cm³/mol. The first-order valence-corrected chi connectivity index (χ1v) is 16.6. The summed E-state index contributed by atoms with van der Waals surface area (Å²) in [4.78, 5) is 9.10. The summed E-state index contributed by atoms with van der Waals surface area (Å²) >= 11 is 6.30. The van der Waals surface area contributed by atoms with Gasteiger partial charge in [0.2, 0.25) is 0 Å². The van der Waals surface area contributed by atoms with E-state index in [1.54, 1.807) is 0 Å². The number of aliphatic hydroxyl groups is 1. The van der Waals surface area contributed by atoms with E-state index in [1.807, 2.05) is 27.7 Å². The highest BCUT2D eigenvalue weighted by Gasteiger charge is 2.28. The van der Waals surface area contributed by atoms with E-state index in [2.05, 4.69) is 79.5 Å². The van der Waals surface area contributed by atoms with Gasteiger partial charge in [-0.2, -0.15) is 0 Å². The summed E-state index contributed by atoms with van der Waals surface area (Å²) in [5, 5.41) is 12.8. The molecule has 42 heavy (non-hydrogen) atoms. The Hall–Kier alpha value is -2.06. The highest BCUT2D eigenvalue weighted by atomic mass is 35.5. The fourth-order valence-corrected chi connectivity index (χ4v) is 5.13. The minimum Gasteiger partial charge on any atom is -0.397 e. The first-order chi connectivity index (χ1) is 20.1. The van der Waals surface area contributed by atoms with Crippen molar-refractivity contribution in [2.45, 2.75) is 107 Å². The van der Waals surface area contributed by atoms with Crippen molar-refractivity contribution in [3.05, 3.63) is 58.7 Å². The van der Waals surface area contributed by atoms with E-state index in [1.165, 1.54) is 42.6 Å². The Labute approximate surface area is 263 Å². The Bertz CT molecular complexity index is 955. The van der Waals surface area contributed by atoms with Crippen LogP contribution in [0.3, 0.4) is 0 Å². The SMILES string of the molecule is C=C(N)C1=C(N)NC(N(CCC)CC(C)CC)C(Cl)=N1.CC.CC.Cc1ccc(CN2CCC(C)CC2)c(CCO)c1. The number of aryl methyl sites for hydroxylation is 1. The molecule has 6 N–H and O–H groups in total. The van der Waals surface area contributed by atoms with Gasteiger partial charge in [0, 0.05) is 26.2 Å². The third-order valence-corrected chi connectivity index (χ3v) is 7.72. The van der Waals surface area contributed by atoms with Gasteiger partial charge in [-0.3, -0.25) is 9.80 Å². The molecule has 0 radical (unpaired) electrons. The van der Waals surface area contributed by atoms with E-state index in [-0.39, 0.29) is 12.8 Å². The summed E-state index contributed by atoms with van der Waals surface area (Å²) in [6.45, 7) is 28.3. The summed E-state index contributed by atoms with van der Waals surface area (Å²) in [7, 11) is 0. The number of aliphatic imine (C=N–C) groups is 1. The van der Waals surface area contributed by atoms with Crippen LogP contribution in [0.5, 0.6) is 0 Å². The molecule has 1 aromatic rings. The minimum absolute atomic E-state index is 0.186. The van der Waals surface area contributed by atoms with Gasteiger partial charge in [-0.05, 0) is 68.7 Å². The Morgan fingerprint density at radius 2 is 1.81 bits per heavy atom. The largest absolute Gasteiger partial charge is 0.397 e. The topological polar surface area (TPSA) is 103 Å². The molecule has 0 saturated carbocycles. The molecule has 2 aliphatic rings. The van der Waals surface area contributed by atoms with Gasteiger partial charge >= 0.3 is 0 Å². The number of likely N-dealkylation sites (tertiary alicyclic amines) is 1. The Morgan fingerprint density at radius 1 is 1.19 bits per heavy atom. The number of nitrogens with zero attached hydrogens (tertiary/aromatic N) is 3. The fourth-order valence-electron chi connectivity index (χ4n) is 4.86. The number of hydrogen-bond donors (Lipinski definition) is 4. The Balaban J connectivity index is 0.000000718. The number of piperidine rings is 1. The lowest BCUT2D eigenvalue weighted by molar-refractivity contribution is 0.184.